The molecule has 3 heteroatoms. The van der Waals surface area contributed by atoms with Gasteiger partial charge in [0.2, 0.25) is 0 Å². The second-order valence-corrected chi connectivity index (χ2v) is 3.81. The Hall–Kier alpha value is 0.270. The number of thioether (sulfide) groups is 1. The van der Waals surface area contributed by atoms with Crippen molar-refractivity contribution < 1.29 is 0 Å². The molecule has 0 spiro atoms. The fraction of sp³-hybridized carbons (Fsp3) is 1.00. The van der Waals surface area contributed by atoms with Crippen molar-refractivity contribution in [2.24, 2.45) is 5.84 Å². The maximum absolute atomic E-state index is 5.20. The number of hydrazine groups is 1. The number of hydrogen-bond donors (Lipinski definition) is 2. The van der Waals surface area contributed by atoms with E-state index in [1.807, 2.05) is 11.8 Å². The molecule has 0 aromatic rings. The van der Waals surface area contributed by atoms with Crippen LogP contribution in [-0.2, 0) is 0 Å². The van der Waals surface area contributed by atoms with Gasteiger partial charge in [-0.2, -0.15) is 11.8 Å². The van der Waals surface area contributed by atoms with E-state index in [9.17, 15) is 0 Å². The Morgan fingerprint density at radius 1 is 1.56 bits per heavy atom. The SMILES string of the molecule is NNCC1CCCCS1. The normalized spacial score (nSPS) is 28.3. The van der Waals surface area contributed by atoms with E-state index in [0.29, 0.717) is 0 Å². The Morgan fingerprint density at radius 2 is 2.44 bits per heavy atom. The van der Waals surface area contributed by atoms with Gasteiger partial charge in [-0.15, -0.1) is 0 Å². The zero-order valence-electron chi connectivity index (χ0n) is 5.60. The first-order chi connectivity index (χ1) is 4.43. The fourth-order valence-corrected chi connectivity index (χ4v) is 2.35. The van der Waals surface area contributed by atoms with E-state index >= 15 is 0 Å². The van der Waals surface area contributed by atoms with Gasteiger partial charge in [0.25, 0.3) is 0 Å². The van der Waals surface area contributed by atoms with Crippen molar-refractivity contribution in [1.29, 1.82) is 0 Å². The van der Waals surface area contributed by atoms with Gasteiger partial charge in [0.1, 0.15) is 0 Å². The van der Waals surface area contributed by atoms with Crippen molar-refractivity contribution in [2.45, 2.75) is 24.5 Å². The number of nitrogens with two attached hydrogens (primary N) is 1. The molecule has 2 nitrogen and oxygen atoms in total. The molecule has 0 bridgehead atoms. The van der Waals surface area contributed by atoms with Gasteiger partial charge in [-0.3, -0.25) is 11.3 Å². The molecule has 3 N–H and O–H groups in total. The Bertz CT molecular complexity index is 68.7. The summed E-state index contributed by atoms with van der Waals surface area (Å²) >= 11 is 2.05. The molecule has 0 aliphatic carbocycles. The molecule has 1 heterocycles. The van der Waals surface area contributed by atoms with E-state index in [-0.39, 0.29) is 0 Å². The van der Waals surface area contributed by atoms with Crippen LogP contribution in [-0.4, -0.2) is 17.5 Å². The predicted molar refractivity (Wildman–Crippen MR) is 42.3 cm³/mol. The van der Waals surface area contributed by atoms with Gasteiger partial charge >= 0.3 is 0 Å². The molecule has 0 aromatic carbocycles. The van der Waals surface area contributed by atoms with E-state index in [0.717, 1.165) is 11.8 Å². The van der Waals surface area contributed by atoms with Crippen LogP contribution in [0.1, 0.15) is 19.3 Å². The molecule has 1 rings (SSSR count). The maximum Gasteiger partial charge on any atom is 0.0217 e. The average molecular weight is 146 g/mol. The third-order valence-corrected chi connectivity index (χ3v) is 3.02. The Morgan fingerprint density at radius 3 is 3.00 bits per heavy atom. The minimum Gasteiger partial charge on any atom is -0.271 e. The lowest BCUT2D eigenvalue weighted by Crippen LogP contribution is -2.31. The Labute approximate surface area is 60.5 Å². The summed E-state index contributed by atoms with van der Waals surface area (Å²) in [5.41, 5.74) is 2.72. The minimum atomic E-state index is 0.781. The first-order valence-electron chi connectivity index (χ1n) is 3.48. The third-order valence-electron chi connectivity index (χ3n) is 1.62. The van der Waals surface area contributed by atoms with Gasteiger partial charge in [-0.1, -0.05) is 6.42 Å². The van der Waals surface area contributed by atoms with Crippen molar-refractivity contribution in [2.75, 3.05) is 12.3 Å². The van der Waals surface area contributed by atoms with Crippen molar-refractivity contribution in [3.05, 3.63) is 0 Å². The summed E-state index contributed by atoms with van der Waals surface area (Å²) in [6, 6.07) is 0. The smallest absolute Gasteiger partial charge is 0.0217 e. The van der Waals surface area contributed by atoms with Crippen LogP contribution in [0.15, 0.2) is 0 Å². The highest BCUT2D eigenvalue weighted by Gasteiger charge is 2.11. The van der Waals surface area contributed by atoms with Crippen LogP contribution in [0.3, 0.4) is 0 Å². The van der Waals surface area contributed by atoms with Crippen LogP contribution in [0.4, 0.5) is 0 Å². The summed E-state index contributed by atoms with van der Waals surface area (Å²) in [4.78, 5) is 0. The third kappa shape index (κ3) is 2.56. The molecule has 1 unspecified atom stereocenters. The molecule has 1 saturated heterocycles. The summed E-state index contributed by atoms with van der Waals surface area (Å²) in [7, 11) is 0. The largest absolute Gasteiger partial charge is 0.271 e. The highest BCUT2D eigenvalue weighted by molar-refractivity contribution is 7.99. The number of rotatable bonds is 2. The van der Waals surface area contributed by atoms with Crippen LogP contribution in [0.25, 0.3) is 0 Å². The second kappa shape index (κ2) is 4.14. The number of nitrogens with one attached hydrogen (secondary N) is 1. The molecule has 1 fully saturated rings. The summed E-state index contributed by atoms with van der Waals surface area (Å²) < 4.78 is 0. The summed E-state index contributed by atoms with van der Waals surface area (Å²) in [5, 5.41) is 0.781. The van der Waals surface area contributed by atoms with E-state index in [4.69, 9.17) is 5.84 Å². The quantitative estimate of drug-likeness (QED) is 0.445. The van der Waals surface area contributed by atoms with Crippen LogP contribution in [0.2, 0.25) is 0 Å². The lowest BCUT2D eigenvalue weighted by molar-refractivity contribution is 0.612. The van der Waals surface area contributed by atoms with Crippen molar-refractivity contribution >= 4 is 11.8 Å². The molecular weight excluding hydrogens is 132 g/mol. The summed E-state index contributed by atoms with van der Waals surface area (Å²) in [6.07, 6.45) is 4.12. The lowest BCUT2D eigenvalue weighted by atomic mass is 10.2. The first-order valence-corrected chi connectivity index (χ1v) is 4.53. The van der Waals surface area contributed by atoms with E-state index in [1.54, 1.807) is 0 Å². The molecule has 1 aliphatic heterocycles. The summed E-state index contributed by atoms with van der Waals surface area (Å²) in [6.45, 7) is 0.977. The van der Waals surface area contributed by atoms with Crippen molar-refractivity contribution in [1.82, 2.24) is 5.43 Å². The van der Waals surface area contributed by atoms with Crippen LogP contribution < -0.4 is 11.3 Å². The molecule has 0 aromatic heterocycles. The van der Waals surface area contributed by atoms with Gasteiger partial charge in [0.05, 0.1) is 0 Å². The maximum atomic E-state index is 5.20. The standard InChI is InChI=1S/C6H14N2S/c7-8-5-6-3-1-2-4-9-6/h6,8H,1-5,7H2. The van der Waals surface area contributed by atoms with Crippen LogP contribution in [0.5, 0.6) is 0 Å². The monoisotopic (exact) mass is 146 g/mol. The average Bonchev–Trinajstić information content (AvgIpc) is 1.91. The van der Waals surface area contributed by atoms with Gasteiger partial charge in [0.15, 0.2) is 0 Å². The van der Waals surface area contributed by atoms with Crippen LogP contribution >= 0.6 is 11.8 Å². The Balaban J connectivity index is 2.08. The molecule has 54 valence electrons. The number of hydrogen-bond acceptors (Lipinski definition) is 3. The highest BCUT2D eigenvalue weighted by atomic mass is 32.2. The van der Waals surface area contributed by atoms with Gasteiger partial charge in [0, 0.05) is 11.8 Å². The molecular formula is C6H14N2S. The molecule has 1 aliphatic rings. The lowest BCUT2D eigenvalue weighted by Gasteiger charge is -2.19. The van der Waals surface area contributed by atoms with Crippen molar-refractivity contribution in [3.63, 3.8) is 0 Å². The highest BCUT2D eigenvalue weighted by Crippen LogP contribution is 2.23. The van der Waals surface area contributed by atoms with E-state index in [1.165, 1.54) is 25.0 Å². The van der Waals surface area contributed by atoms with Crippen molar-refractivity contribution in [3.8, 4) is 0 Å². The zero-order chi connectivity index (χ0) is 6.53. The van der Waals surface area contributed by atoms with Gasteiger partial charge < -0.3 is 0 Å². The minimum absolute atomic E-state index is 0.781. The molecule has 0 radical (unpaired) electrons. The first kappa shape index (κ1) is 7.38. The second-order valence-electron chi connectivity index (χ2n) is 2.40. The van der Waals surface area contributed by atoms with E-state index < -0.39 is 0 Å². The zero-order valence-corrected chi connectivity index (χ0v) is 6.41. The van der Waals surface area contributed by atoms with Crippen LogP contribution in [0, 0.1) is 0 Å². The molecule has 0 amide bonds. The van der Waals surface area contributed by atoms with Gasteiger partial charge in [-0.05, 0) is 18.6 Å². The fourth-order valence-electron chi connectivity index (χ4n) is 1.10. The van der Waals surface area contributed by atoms with Gasteiger partial charge in [-0.25, -0.2) is 0 Å². The van der Waals surface area contributed by atoms with E-state index in [2.05, 4.69) is 5.43 Å². The summed E-state index contributed by atoms with van der Waals surface area (Å²) in [5.74, 6) is 6.52. The Kier molecular flexibility index (Phi) is 3.40. The molecule has 0 saturated carbocycles. The predicted octanol–water partition coefficient (Wildman–Crippen LogP) is 0.735. The molecule has 9 heavy (non-hydrogen) atoms. The molecule has 1 atom stereocenters. The topological polar surface area (TPSA) is 38.0 Å².